The molecule has 2 aromatic rings. The molecule has 0 aliphatic heterocycles. The summed E-state index contributed by atoms with van der Waals surface area (Å²) in [6, 6.07) is 4.78. The summed E-state index contributed by atoms with van der Waals surface area (Å²) in [4.78, 5) is 77.2. The Kier molecular flexibility index (Phi) is 17.6. The summed E-state index contributed by atoms with van der Waals surface area (Å²) in [5.74, 6) is -5.08. The van der Waals surface area contributed by atoms with E-state index < -0.39 is 83.0 Å². The average molecular weight is 833 g/mol. The minimum atomic E-state index is -1.38. The van der Waals surface area contributed by atoms with Gasteiger partial charge in [-0.1, -0.05) is 0 Å². The Bertz CT molecular complexity index is 1670. The highest BCUT2D eigenvalue weighted by Gasteiger charge is 2.33. The number of carbonyl (C=O) groups excluding carboxylic acids is 6. The molecule has 0 spiro atoms. The number of phenolic OH excluding ortho intramolecular Hbond substituents is 2. The number of amides is 2. The van der Waals surface area contributed by atoms with Gasteiger partial charge in [0.05, 0.1) is 26.1 Å². The molecule has 17 nitrogen and oxygen atoms in total. The van der Waals surface area contributed by atoms with Crippen LogP contribution in [0, 0.1) is 0 Å². The molecule has 59 heavy (non-hydrogen) atoms. The fourth-order valence-corrected chi connectivity index (χ4v) is 4.85. The summed E-state index contributed by atoms with van der Waals surface area (Å²) >= 11 is 0. The van der Waals surface area contributed by atoms with Crippen molar-refractivity contribution in [1.29, 1.82) is 0 Å². The minimum Gasteiger partial charge on any atom is -0.508 e. The SMILES string of the molecule is CC(C)(C)OC(=O)C[C@H](NC(=O)c1cc(O)cc(OCCOCCOc2cc(O)cc(C(=O)N[C@@H](CC(=O)OC(C)(C)C)C(=O)OC(C)(C)C)c2)c1)C(=O)OC(C)(C)C. The number of rotatable bonds is 18. The number of ether oxygens (including phenoxy) is 7. The van der Waals surface area contributed by atoms with Crippen molar-refractivity contribution in [1.82, 2.24) is 10.6 Å². The van der Waals surface area contributed by atoms with Crippen LogP contribution in [0.2, 0.25) is 0 Å². The van der Waals surface area contributed by atoms with Gasteiger partial charge in [0.1, 0.15) is 70.7 Å². The zero-order valence-corrected chi connectivity index (χ0v) is 36.1. The summed E-state index contributed by atoms with van der Waals surface area (Å²) < 4.78 is 38.3. The molecule has 0 bridgehead atoms. The number of aromatic hydroxyl groups is 2. The van der Waals surface area contributed by atoms with Crippen LogP contribution in [0.25, 0.3) is 0 Å². The summed E-state index contributed by atoms with van der Waals surface area (Å²) in [6.07, 6.45) is -0.979. The van der Waals surface area contributed by atoms with Gasteiger partial charge in [-0.15, -0.1) is 0 Å². The lowest BCUT2D eigenvalue weighted by Crippen LogP contribution is -2.46. The van der Waals surface area contributed by atoms with Crippen LogP contribution in [0.5, 0.6) is 23.0 Å². The van der Waals surface area contributed by atoms with Crippen LogP contribution in [0.4, 0.5) is 0 Å². The number of hydrogen-bond donors (Lipinski definition) is 4. The standard InChI is InChI=1S/C42H60N2O15/c1-39(2,3)56-33(47)23-31(37(51)58-41(7,8)9)43-35(49)25-17-27(45)21-29(19-25)54-15-13-53-14-16-55-30-20-26(18-28(46)22-30)36(50)44-32(38(52)59-42(10,11)12)24-34(48)57-40(4,5)6/h17-22,31-32,45-46H,13-16,23-24H2,1-12H3,(H,43,49)(H,44,50)/t31-,32-/m0/s1. The second-order valence-electron chi connectivity index (χ2n) is 17.4. The summed E-state index contributed by atoms with van der Waals surface area (Å²) in [5, 5.41) is 25.5. The van der Waals surface area contributed by atoms with Gasteiger partial charge in [0.25, 0.3) is 11.8 Å². The molecule has 0 radical (unpaired) electrons. The van der Waals surface area contributed by atoms with E-state index in [0.29, 0.717) is 0 Å². The topological polar surface area (TPSA) is 232 Å². The fourth-order valence-electron chi connectivity index (χ4n) is 4.85. The quantitative estimate of drug-likeness (QED) is 0.0888. The van der Waals surface area contributed by atoms with Crippen LogP contribution >= 0.6 is 0 Å². The third-order valence-electron chi connectivity index (χ3n) is 6.87. The molecule has 17 heteroatoms. The first-order chi connectivity index (χ1) is 27.0. The molecule has 0 aliphatic rings. The number of nitrogens with one attached hydrogen (secondary N) is 2. The smallest absolute Gasteiger partial charge is 0.329 e. The van der Waals surface area contributed by atoms with E-state index in [0.717, 1.165) is 12.1 Å². The van der Waals surface area contributed by atoms with Crippen LogP contribution in [0.15, 0.2) is 36.4 Å². The summed E-state index contributed by atoms with van der Waals surface area (Å²) in [6.45, 7) is 20.0. The van der Waals surface area contributed by atoms with Crippen molar-refractivity contribution < 1.29 is 72.1 Å². The highest BCUT2D eigenvalue weighted by molar-refractivity contribution is 5.99. The minimum absolute atomic E-state index is 0.0117. The molecule has 0 unspecified atom stereocenters. The van der Waals surface area contributed by atoms with E-state index in [1.54, 1.807) is 83.1 Å². The Morgan fingerprint density at radius 3 is 1.12 bits per heavy atom. The van der Waals surface area contributed by atoms with Gasteiger partial charge >= 0.3 is 23.9 Å². The lowest BCUT2D eigenvalue weighted by atomic mass is 10.1. The van der Waals surface area contributed by atoms with Crippen LogP contribution < -0.4 is 20.1 Å². The van der Waals surface area contributed by atoms with E-state index in [9.17, 15) is 39.0 Å². The maximum Gasteiger partial charge on any atom is 0.329 e. The number of esters is 4. The van der Waals surface area contributed by atoms with Gasteiger partial charge in [-0.25, -0.2) is 9.59 Å². The van der Waals surface area contributed by atoms with E-state index in [1.807, 2.05) is 0 Å². The largest absolute Gasteiger partial charge is 0.508 e. The predicted molar refractivity (Wildman–Crippen MR) is 213 cm³/mol. The zero-order valence-electron chi connectivity index (χ0n) is 36.1. The van der Waals surface area contributed by atoms with Gasteiger partial charge in [-0.3, -0.25) is 19.2 Å². The molecule has 0 fully saturated rings. The van der Waals surface area contributed by atoms with Gasteiger partial charge in [0.2, 0.25) is 0 Å². The zero-order chi connectivity index (χ0) is 44.9. The van der Waals surface area contributed by atoms with Crippen molar-refractivity contribution in [3.05, 3.63) is 47.5 Å². The maximum absolute atomic E-state index is 13.2. The highest BCUT2D eigenvalue weighted by Crippen LogP contribution is 2.24. The third kappa shape index (κ3) is 20.6. The van der Waals surface area contributed by atoms with Crippen molar-refractivity contribution >= 4 is 35.7 Å². The van der Waals surface area contributed by atoms with Gasteiger partial charge in [0, 0.05) is 23.3 Å². The molecule has 2 rings (SSSR count). The molecule has 2 aromatic carbocycles. The van der Waals surface area contributed by atoms with Gasteiger partial charge in [-0.2, -0.15) is 0 Å². The van der Waals surface area contributed by atoms with Crippen molar-refractivity contribution in [2.24, 2.45) is 0 Å². The van der Waals surface area contributed by atoms with E-state index in [4.69, 9.17) is 33.2 Å². The normalized spacial score (nSPS) is 12.9. The Hall–Kier alpha value is -5.58. The molecule has 0 aromatic heterocycles. The molecule has 0 heterocycles. The first-order valence-electron chi connectivity index (χ1n) is 19.0. The molecule has 0 aliphatic carbocycles. The second kappa shape index (κ2) is 20.9. The molecular formula is C42H60N2O15. The first-order valence-corrected chi connectivity index (χ1v) is 19.0. The summed E-state index contributed by atoms with van der Waals surface area (Å²) in [5.41, 5.74) is -3.57. The summed E-state index contributed by atoms with van der Waals surface area (Å²) in [7, 11) is 0. The predicted octanol–water partition coefficient (Wildman–Crippen LogP) is 4.92. The lowest BCUT2D eigenvalue weighted by molar-refractivity contribution is -0.164. The number of phenols is 2. The van der Waals surface area contributed by atoms with E-state index in [-0.39, 0.29) is 60.6 Å². The Morgan fingerprint density at radius 1 is 0.492 bits per heavy atom. The fraction of sp³-hybridized carbons (Fsp3) is 0.571. The van der Waals surface area contributed by atoms with Crippen LogP contribution in [-0.2, 0) is 42.9 Å². The average Bonchev–Trinajstić information content (AvgIpc) is 3.03. The molecule has 4 N–H and O–H groups in total. The van der Waals surface area contributed by atoms with E-state index in [2.05, 4.69) is 10.6 Å². The van der Waals surface area contributed by atoms with Crippen molar-refractivity contribution in [3.63, 3.8) is 0 Å². The van der Waals surface area contributed by atoms with Gasteiger partial charge in [-0.05, 0) is 107 Å². The van der Waals surface area contributed by atoms with E-state index in [1.165, 1.54) is 24.3 Å². The van der Waals surface area contributed by atoms with Crippen molar-refractivity contribution in [2.45, 2.75) is 130 Å². The second-order valence-corrected chi connectivity index (χ2v) is 17.4. The Labute approximate surface area is 345 Å². The van der Waals surface area contributed by atoms with E-state index >= 15 is 0 Å². The monoisotopic (exact) mass is 832 g/mol. The van der Waals surface area contributed by atoms with Crippen molar-refractivity contribution in [3.8, 4) is 23.0 Å². The molecular weight excluding hydrogens is 772 g/mol. The third-order valence-corrected chi connectivity index (χ3v) is 6.87. The molecule has 0 saturated carbocycles. The van der Waals surface area contributed by atoms with Crippen LogP contribution in [-0.4, -0.2) is 107 Å². The van der Waals surface area contributed by atoms with Crippen LogP contribution in [0.1, 0.15) is 117 Å². The number of hydrogen-bond acceptors (Lipinski definition) is 15. The Morgan fingerprint density at radius 2 is 0.814 bits per heavy atom. The van der Waals surface area contributed by atoms with Gasteiger partial charge in [0.15, 0.2) is 0 Å². The first kappa shape index (κ1) is 49.6. The van der Waals surface area contributed by atoms with Gasteiger partial charge < -0.3 is 54.0 Å². The lowest BCUT2D eigenvalue weighted by Gasteiger charge is -2.25. The number of carbonyl (C=O) groups is 6. The molecule has 0 saturated heterocycles. The molecule has 2 atom stereocenters. The van der Waals surface area contributed by atoms with Crippen LogP contribution in [0.3, 0.4) is 0 Å². The maximum atomic E-state index is 13.2. The molecule has 328 valence electrons. The Balaban J connectivity index is 1.98. The molecule has 2 amide bonds. The number of benzene rings is 2. The van der Waals surface area contributed by atoms with Crippen molar-refractivity contribution in [2.75, 3.05) is 26.4 Å². The highest BCUT2D eigenvalue weighted by atomic mass is 16.6.